The molecule has 0 aliphatic carbocycles. The van der Waals surface area contributed by atoms with Crippen molar-refractivity contribution in [2.75, 3.05) is 5.32 Å². The zero-order valence-electron chi connectivity index (χ0n) is 20.5. The highest BCUT2D eigenvalue weighted by molar-refractivity contribution is 6.32. The van der Waals surface area contributed by atoms with E-state index in [0.717, 1.165) is 12.8 Å². The van der Waals surface area contributed by atoms with E-state index in [4.69, 9.17) is 23.2 Å². The van der Waals surface area contributed by atoms with Gasteiger partial charge in [-0.05, 0) is 65.7 Å². The molecule has 1 aliphatic heterocycles. The molecular formula is C26H23Cl2FN8O2. The fourth-order valence-corrected chi connectivity index (χ4v) is 4.79. The van der Waals surface area contributed by atoms with Gasteiger partial charge in [-0.3, -0.25) is 9.59 Å². The van der Waals surface area contributed by atoms with Gasteiger partial charge in [0, 0.05) is 28.6 Å². The molecule has 1 aliphatic rings. The van der Waals surface area contributed by atoms with Crippen molar-refractivity contribution >= 4 is 46.8 Å². The monoisotopic (exact) mass is 568 g/mol. The maximum atomic E-state index is 14.0. The Morgan fingerprint density at radius 2 is 2.03 bits per heavy atom. The van der Waals surface area contributed by atoms with E-state index in [1.807, 2.05) is 0 Å². The maximum absolute atomic E-state index is 14.0. The molecule has 0 fully saturated rings. The Hall–Kier alpha value is -4.09. The summed E-state index contributed by atoms with van der Waals surface area (Å²) in [7, 11) is 0. The minimum Gasteiger partial charge on any atom is -0.343 e. The number of halogens is 3. The van der Waals surface area contributed by atoms with Crippen LogP contribution in [0.1, 0.15) is 49.5 Å². The molecule has 3 N–H and O–H groups in total. The average Bonchev–Trinajstić information content (AvgIpc) is 3.57. The third-order valence-corrected chi connectivity index (χ3v) is 6.74. The van der Waals surface area contributed by atoms with Gasteiger partial charge in [-0.1, -0.05) is 36.0 Å². The molecule has 2 bridgehead atoms. The number of fused-ring (bicyclic) bond motifs is 4. The van der Waals surface area contributed by atoms with Crippen LogP contribution in [0.2, 0.25) is 10.2 Å². The number of hydrogen-bond donors (Lipinski definition) is 3. The third-order valence-electron chi connectivity index (χ3n) is 6.23. The quantitative estimate of drug-likeness (QED) is 0.287. The predicted octanol–water partition coefficient (Wildman–Crippen LogP) is 5.27. The van der Waals surface area contributed by atoms with E-state index >= 15 is 0 Å². The van der Waals surface area contributed by atoms with Crippen LogP contribution in [0.3, 0.4) is 0 Å². The largest absolute Gasteiger partial charge is 0.343 e. The minimum absolute atomic E-state index is 0.212. The Kier molecular flexibility index (Phi) is 7.99. The van der Waals surface area contributed by atoms with Crippen molar-refractivity contribution in [3.05, 3.63) is 76.2 Å². The zero-order chi connectivity index (χ0) is 27.4. The topological polar surface area (TPSA) is 130 Å². The molecular weight excluding hydrogens is 546 g/mol. The molecule has 0 spiro atoms. The predicted molar refractivity (Wildman–Crippen MR) is 145 cm³/mol. The van der Waals surface area contributed by atoms with E-state index in [1.54, 1.807) is 24.3 Å². The van der Waals surface area contributed by atoms with E-state index in [1.165, 1.54) is 35.3 Å². The second-order valence-corrected chi connectivity index (χ2v) is 9.79. The van der Waals surface area contributed by atoms with Crippen LogP contribution >= 0.6 is 23.2 Å². The number of benzene rings is 2. The summed E-state index contributed by atoms with van der Waals surface area (Å²) in [5.74, 6) is -0.620. The molecule has 39 heavy (non-hydrogen) atoms. The van der Waals surface area contributed by atoms with Crippen LogP contribution < -0.4 is 10.6 Å². The molecule has 1 atom stereocenters. The first-order valence-corrected chi connectivity index (χ1v) is 13.0. The number of H-pyrrole nitrogens is 1. The molecule has 0 unspecified atom stereocenters. The molecule has 0 saturated heterocycles. The lowest BCUT2D eigenvalue weighted by Crippen LogP contribution is -2.27. The Balaban J connectivity index is 1.42. The van der Waals surface area contributed by atoms with Gasteiger partial charge in [-0.2, -0.15) is 4.68 Å². The van der Waals surface area contributed by atoms with Crippen LogP contribution in [-0.2, 0) is 9.59 Å². The van der Waals surface area contributed by atoms with Gasteiger partial charge in [0.05, 0.1) is 17.4 Å². The Morgan fingerprint density at radius 1 is 1.15 bits per heavy atom. The lowest BCUT2D eigenvalue weighted by molar-refractivity contribution is -0.117. The minimum atomic E-state index is -0.495. The van der Waals surface area contributed by atoms with Crippen molar-refractivity contribution < 1.29 is 14.0 Å². The van der Waals surface area contributed by atoms with Crippen LogP contribution in [0.25, 0.3) is 23.0 Å². The Bertz CT molecular complexity index is 1540. The van der Waals surface area contributed by atoms with Gasteiger partial charge in [-0.25, -0.2) is 9.37 Å². The van der Waals surface area contributed by atoms with Crippen LogP contribution in [0.4, 0.5) is 10.1 Å². The fraction of sp³-hybridized carbons (Fsp3) is 0.231. The van der Waals surface area contributed by atoms with Crippen LogP contribution in [0.15, 0.2) is 48.8 Å². The van der Waals surface area contributed by atoms with Gasteiger partial charge >= 0.3 is 0 Å². The number of imidazole rings is 1. The fourth-order valence-electron chi connectivity index (χ4n) is 4.36. The van der Waals surface area contributed by atoms with Gasteiger partial charge in [0.2, 0.25) is 11.8 Å². The van der Waals surface area contributed by atoms with Gasteiger partial charge in [0.1, 0.15) is 28.8 Å². The number of carbonyl (C=O) groups excluding carboxylic acids is 2. The molecule has 10 nitrogen and oxygen atoms in total. The van der Waals surface area contributed by atoms with Crippen molar-refractivity contribution in [3.63, 3.8) is 0 Å². The van der Waals surface area contributed by atoms with E-state index < -0.39 is 11.9 Å². The first kappa shape index (κ1) is 26.5. The molecule has 5 rings (SSSR count). The van der Waals surface area contributed by atoms with Crippen LogP contribution in [-0.4, -0.2) is 42.0 Å². The van der Waals surface area contributed by atoms with E-state index in [9.17, 15) is 14.0 Å². The first-order chi connectivity index (χ1) is 18.9. The average molecular weight is 569 g/mol. The Morgan fingerprint density at radius 3 is 2.85 bits per heavy atom. The number of tetrazole rings is 1. The highest BCUT2D eigenvalue weighted by Crippen LogP contribution is 2.34. The summed E-state index contributed by atoms with van der Waals surface area (Å²) >= 11 is 12.7. The number of carbonyl (C=O) groups is 2. The molecule has 0 saturated carbocycles. The highest BCUT2D eigenvalue weighted by Gasteiger charge is 2.23. The summed E-state index contributed by atoms with van der Waals surface area (Å²) in [6.07, 6.45) is 7.45. The second-order valence-electron chi connectivity index (χ2n) is 8.97. The highest BCUT2D eigenvalue weighted by atomic mass is 35.5. The standard InChI is InChI=1S/C26H23Cl2FN8O2/c27-16-7-10-21(37-14-30-35-36-37)15(12-16)6-11-23(39)31-19-4-2-1-3-5-22(38)32-20-13-17(29)8-9-18(20)24-25(28)34-26(19)33-24/h6-14,19H,1-5H2,(H,31,39)(H,32,38)(H,33,34)/t19-/m0/s1. The molecule has 2 aromatic heterocycles. The smallest absolute Gasteiger partial charge is 0.244 e. The second kappa shape index (κ2) is 11.7. The summed E-state index contributed by atoms with van der Waals surface area (Å²) in [4.78, 5) is 33.2. The van der Waals surface area contributed by atoms with Gasteiger partial charge in [0.15, 0.2) is 0 Å². The van der Waals surface area contributed by atoms with Crippen molar-refractivity contribution in [3.8, 4) is 16.9 Å². The number of nitrogens with zero attached hydrogens (tertiary/aromatic N) is 5. The van der Waals surface area contributed by atoms with Crippen molar-refractivity contribution in [1.82, 2.24) is 35.5 Å². The first-order valence-electron chi connectivity index (χ1n) is 12.2. The number of amides is 2. The summed E-state index contributed by atoms with van der Waals surface area (Å²) < 4.78 is 15.5. The number of hydrogen-bond acceptors (Lipinski definition) is 6. The summed E-state index contributed by atoms with van der Waals surface area (Å²) in [5, 5.41) is 17.7. The summed E-state index contributed by atoms with van der Waals surface area (Å²) in [5.41, 5.74) is 2.39. The number of aromatic amines is 1. The van der Waals surface area contributed by atoms with Crippen molar-refractivity contribution in [1.29, 1.82) is 0 Å². The van der Waals surface area contributed by atoms with Gasteiger partial charge < -0.3 is 15.6 Å². The van der Waals surface area contributed by atoms with E-state index in [0.29, 0.717) is 46.2 Å². The maximum Gasteiger partial charge on any atom is 0.244 e. The van der Waals surface area contributed by atoms with Gasteiger partial charge in [-0.15, -0.1) is 5.10 Å². The molecule has 4 aromatic rings. The molecule has 2 amide bonds. The SMILES string of the molecule is O=C(C=Cc1cc(Cl)ccc1-n1cnnn1)N[C@H]1CCCCCC(=O)Nc2cc(F)ccc2-c2nc1[nH]c2Cl. The summed E-state index contributed by atoms with van der Waals surface area (Å²) in [6.45, 7) is 0. The zero-order valence-corrected chi connectivity index (χ0v) is 22.0. The third kappa shape index (κ3) is 6.32. The van der Waals surface area contributed by atoms with Crippen LogP contribution in [0, 0.1) is 5.82 Å². The number of rotatable bonds is 4. The Labute approximate surface area is 232 Å². The van der Waals surface area contributed by atoms with Crippen molar-refractivity contribution in [2.24, 2.45) is 0 Å². The number of anilines is 1. The molecule has 13 heteroatoms. The normalized spacial score (nSPS) is 16.1. The molecule has 0 radical (unpaired) electrons. The lowest BCUT2D eigenvalue weighted by atomic mass is 10.1. The number of aromatic nitrogens is 6. The lowest BCUT2D eigenvalue weighted by Gasteiger charge is -2.16. The van der Waals surface area contributed by atoms with E-state index in [-0.39, 0.29) is 29.1 Å². The summed E-state index contributed by atoms with van der Waals surface area (Å²) in [6, 6.07) is 8.70. The number of nitrogens with one attached hydrogen (secondary N) is 3. The van der Waals surface area contributed by atoms with E-state index in [2.05, 4.69) is 36.1 Å². The van der Waals surface area contributed by atoms with Crippen molar-refractivity contribution in [2.45, 2.75) is 38.1 Å². The molecule has 200 valence electrons. The molecule has 3 heterocycles. The van der Waals surface area contributed by atoms with Crippen LogP contribution in [0.5, 0.6) is 0 Å². The van der Waals surface area contributed by atoms with Gasteiger partial charge in [0.25, 0.3) is 0 Å². The molecule has 2 aromatic carbocycles.